The van der Waals surface area contributed by atoms with Crippen molar-refractivity contribution >= 4 is 75.9 Å². The van der Waals surface area contributed by atoms with Crippen LogP contribution in [0.2, 0.25) is 10.0 Å². The number of carboxylic acid groups (broad SMARTS) is 2. The highest BCUT2D eigenvalue weighted by Crippen LogP contribution is 2.30. The lowest BCUT2D eigenvalue weighted by Gasteiger charge is -2.31. The van der Waals surface area contributed by atoms with Crippen LogP contribution in [-0.2, 0) is 20.9 Å². The Morgan fingerprint density at radius 3 is 2.53 bits per heavy atom. The maximum absolute atomic E-state index is 12.5. The van der Waals surface area contributed by atoms with Crippen molar-refractivity contribution in [1.29, 1.82) is 0 Å². The molecule has 3 rings (SSSR count). The van der Waals surface area contributed by atoms with E-state index in [4.69, 9.17) is 23.2 Å². The molecular weight excluding hydrogens is 549 g/mol. The van der Waals surface area contributed by atoms with Crippen LogP contribution in [0.15, 0.2) is 32.8 Å². The second-order valence-corrected chi connectivity index (χ2v) is 11.2. The molecule has 11 nitrogen and oxygen atoms in total. The number of carboxylic acids is 2. The van der Waals surface area contributed by atoms with E-state index in [-0.39, 0.29) is 28.0 Å². The molecule has 0 saturated carbocycles. The van der Waals surface area contributed by atoms with Gasteiger partial charge in [-0.15, -0.1) is 22.0 Å². The van der Waals surface area contributed by atoms with Crippen LogP contribution in [0.5, 0.6) is 0 Å². The minimum atomic E-state index is -1.43. The Kier molecular flexibility index (Phi) is 8.87. The first kappa shape index (κ1) is 26.3. The van der Waals surface area contributed by atoms with E-state index in [1.807, 2.05) is 6.92 Å². The zero-order valence-electron chi connectivity index (χ0n) is 17.3. The van der Waals surface area contributed by atoms with E-state index in [2.05, 4.69) is 20.8 Å². The number of aliphatic carboxylic acids is 2. The van der Waals surface area contributed by atoms with Gasteiger partial charge in [0.2, 0.25) is 11.3 Å². The van der Waals surface area contributed by atoms with E-state index in [9.17, 15) is 29.4 Å². The maximum atomic E-state index is 12.5. The SMILES string of the molecule is Cc1nnc(SCC2=C(C(=O)O)NC([C@H](NC(=O)Cn3cc(Cl)c(=O)c(Cl)c3)C(=O)O)SC2)s1. The van der Waals surface area contributed by atoms with Gasteiger partial charge in [-0.2, -0.15) is 0 Å². The zero-order valence-corrected chi connectivity index (χ0v) is 21.2. The maximum Gasteiger partial charge on any atom is 0.352 e. The predicted octanol–water partition coefficient (Wildman–Crippen LogP) is 1.68. The third-order valence-corrected chi connectivity index (χ3v) is 8.23. The van der Waals surface area contributed by atoms with Crippen molar-refractivity contribution in [3.63, 3.8) is 0 Å². The van der Waals surface area contributed by atoms with Crippen LogP contribution in [0.25, 0.3) is 0 Å². The van der Waals surface area contributed by atoms with Gasteiger partial charge in [-0.3, -0.25) is 9.59 Å². The third-order valence-electron chi connectivity index (χ3n) is 4.37. The average molecular weight is 566 g/mol. The highest BCUT2D eigenvalue weighted by atomic mass is 35.5. The Balaban J connectivity index is 1.70. The summed E-state index contributed by atoms with van der Waals surface area (Å²) < 4.78 is 1.94. The van der Waals surface area contributed by atoms with Crippen LogP contribution < -0.4 is 16.1 Å². The first-order chi connectivity index (χ1) is 16.0. The number of amides is 1. The largest absolute Gasteiger partial charge is 0.480 e. The number of carbonyl (C=O) groups excluding carboxylic acids is 1. The second kappa shape index (κ2) is 11.4. The number of hydrogen-bond donors (Lipinski definition) is 4. The lowest BCUT2D eigenvalue weighted by atomic mass is 10.2. The fourth-order valence-corrected chi connectivity index (χ4v) is 6.51. The Morgan fingerprint density at radius 2 is 1.97 bits per heavy atom. The van der Waals surface area contributed by atoms with Crippen LogP contribution >= 0.6 is 58.1 Å². The van der Waals surface area contributed by atoms with E-state index < -0.39 is 34.7 Å². The summed E-state index contributed by atoms with van der Waals surface area (Å²) in [5, 5.41) is 31.8. The zero-order chi connectivity index (χ0) is 25.0. The van der Waals surface area contributed by atoms with E-state index in [0.29, 0.717) is 15.7 Å². The van der Waals surface area contributed by atoms with Crippen molar-refractivity contribution in [3.05, 3.63) is 48.9 Å². The van der Waals surface area contributed by atoms with Crippen molar-refractivity contribution in [1.82, 2.24) is 25.4 Å². The summed E-state index contributed by atoms with van der Waals surface area (Å²) in [6.07, 6.45) is 2.40. The molecule has 1 unspecified atom stereocenters. The number of aryl methyl sites for hydroxylation is 1. The summed E-state index contributed by atoms with van der Waals surface area (Å²) in [5.74, 6) is -2.70. The van der Waals surface area contributed by atoms with Gasteiger partial charge in [0.15, 0.2) is 10.4 Å². The normalized spacial score (nSPS) is 16.6. The van der Waals surface area contributed by atoms with E-state index in [0.717, 1.165) is 16.8 Å². The number of halogens is 2. The monoisotopic (exact) mass is 565 g/mol. The lowest BCUT2D eigenvalue weighted by molar-refractivity contribution is -0.142. The van der Waals surface area contributed by atoms with Gasteiger partial charge in [-0.1, -0.05) is 46.3 Å². The molecule has 0 aliphatic carbocycles. The molecule has 0 bridgehead atoms. The molecule has 0 fully saturated rings. The standard InChI is InChI=1S/C18H17Cl2N5O6S3/c1-7-23-24-18(34-7)33-6-8-5-32-15(22-12(8)16(28)29)13(17(30)31)21-11(26)4-25-2-9(19)14(27)10(20)3-25/h2-3,13,15,22H,4-6H2,1H3,(H,21,26)(H,28,29)(H,30,31)/t13-,15?/m0/s1. The Bertz CT molecular complexity index is 1190. The molecule has 2 aromatic heterocycles. The number of carbonyl (C=O) groups is 3. The van der Waals surface area contributed by atoms with Gasteiger partial charge in [0.25, 0.3) is 0 Å². The number of nitrogens with zero attached hydrogens (tertiary/aromatic N) is 3. The molecule has 3 heterocycles. The van der Waals surface area contributed by atoms with E-state index in [1.165, 1.54) is 40.1 Å². The highest BCUT2D eigenvalue weighted by Gasteiger charge is 2.35. The number of pyridine rings is 1. The predicted molar refractivity (Wildman–Crippen MR) is 130 cm³/mol. The first-order valence-corrected chi connectivity index (χ1v) is 13.0. The minimum Gasteiger partial charge on any atom is -0.480 e. The topological polar surface area (TPSA) is 164 Å². The Labute approximate surface area is 214 Å². The average Bonchev–Trinajstić information content (AvgIpc) is 3.19. The molecule has 2 atom stereocenters. The minimum absolute atomic E-state index is 0.114. The molecule has 2 aromatic rings. The van der Waals surface area contributed by atoms with E-state index >= 15 is 0 Å². The quantitative estimate of drug-likeness (QED) is 0.327. The van der Waals surface area contributed by atoms with Gasteiger partial charge in [0.1, 0.15) is 32.7 Å². The lowest BCUT2D eigenvalue weighted by Crippen LogP contribution is -2.55. The molecule has 0 radical (unpaired) electrons. The van der Waals surface area contributed by atoms with Crippen molar-refractivity contribution in [2.45, 2.75) is 29.2 Å². The molecule has 34 heavy (non-hydrogen) atoms. The summed E-state index contributed by atoms with van der Waals surface area (Å²) in [5.41, 5.74) is -0.133. The van der Waals surface area contributed by atoms with Gasteiger partial charge in [-0.25, -0.2) is 9.59 Å². The first-order valence-electron chi connectivity index (χ1n) is 9.38. The molecule has 1 aliphatic rings. The van der Waals surface area contributed by atoms with Crippen molar-refractivity contribution in [2.24, 2.45) is 0 Å². The van der Waals surface area contributed by atoms with Crippen molar-refractivity contribution in [3.8, 4) is 0 Å². The van der Waals surface area contributed by atoms with Crippen LogP contribution in [0.1, 0.15) is 5.01 Å². The fraction of sp³-hybridized carbons (Fsp3) is 0.333. The van der Waals surface area contributed by atoms with Crippen LogP contribution in [0.3, 0.4) is 0 Å². The van der Waals surface area contributed by atoms with Gasteiger partial charge in [-0.05, 0) is 12.5 Å². The summed E-state index contributed by atoms with van der Waals surface area (Å²) in [7, 11) is 0. The molecule has 0 aromatic carbocycles. The summed E-state index contributed by atoms with van der Waals surface area (Å²) in [6.45, 7) is 1.46. The fourth-order valence-electron chi connectivity index (χ4n) is 2.84. The Morgan fingerprint density at radius 1 is 1.29 bits per heavy atom. The molecule has 4 N–H and O–H groups in total. The number of thioether (sulfide) groups is 2. The summed E-state index contributed by atoms with van der Waals surface area (Å²) in [4.78, 5) is 47.8. The summed E-state index contributed by atoms with van der Waals surface area (Å²) >= 11 is 15.4. The smallest absolute Gasteiger partial charge is 0.352 e. The highest BCUT2D eigenvalue weighted by molar-refractivity contribution is 8.01. The van der Waals surface area contributed by atoms with Gasteiger partial charge < -0.3 is 25.4 Å². The number of hydrogen-bond acceptors (Lipinski definition) is 10. The molecule has 0 saturated heterocycles. The van der Waals surface area contributed by atoms with E-state index in [1.54, 1.807) is 0 Å². The number of aromatic nitrogens is 3. The van der Waals surface area contributed by atoms with Gasteiger partial charge in [0.05, 0.1) is 0 Å². The van der Waals surface area contributed by atoms with Crippen molar-refractivity contribution in [2.75, 3.05) is 11.5 Å². The molecule has 182 valence electrons. The molecule has 16 heteroatoms. The number of nitrogens with one attached hydrogen (secondary N) is 2. The molecule has 0 spiro atoms. The molecule has 1 aliphatic heterocycles. The van der Waals surface area contributed by atoms with Crippen molar-refractivity contribution < 1.29 is 24.6 Å². The van der Waals surface area contributed by atoms with Gasteiger partial charge >= 0.3 is 11.9 Å². The van der Waals surface area contributed by atoms with Crippen LogP contribution in [-0.4, -0.2) is 65.7 Å². The van der Waals surface area contributed by atoms with Crippen LogP contribution in [0, 0.1) is 6.92 Å². The Hall–Kier alpha value is -2.26. The van der Waals surface area contributed by atoms with Gasteiger partial charge in [0, 0.05) is 23.9 Å². The number of rotatable bonds is 9. The van der Waals surface area contributed by atoms with Crippen LogP contribution in [0.4, 0.5) is 0 Å². The molecular formula is C18H17Cl2N5O6S3. The summed E-state index contributed by atoms with van der Waals surface area (Å²) in [6, 6.07) is -1.43. The second-order valence-electron chi connectivity index (χ2n) is 6.87. The third kappa shape index (κ3) is 6.66. The molecule has 1 amide bonds.